The van der Waals surface area contributed by atoms with E-state index in [1.165, 1.54) is 29.2 Å². The van der Waals surface area contributed by atoms with Gasteiger partial charge in [0.05, 0.1) is 30.1 Å². The first-order valence-electron chi connectivity index (χ1n) is 11.7. The van der Waals surface area contributed by atoms with Crippen LogP contribution in [0.2, 0.25) is 0 Å². The average Bonchev–Trinajstić information content (AvgIpc) is 2.98. The number of urea groups is 1. The highest BCUT2D eigenvalue weighted by molar-refractivity contribution is 6.14. The zero-order valence-corrected chi connectivity index (χ0v) is 20.2. The fraction of sp³-hybridized carbons (Fsp3) is 0.269. The first-order chi connectivity index (χ1) is 17.8. The molecule has 2 aromatic carbocycles. The molecular formula is C26H25F3N6O2. The van der Waals surface area contributed by atoms with Gasteiger partial charge < -0.3 is 15.7 Å². The second-order valence-corrected chi connectivity index (χ2v) is 8.48. The Morgan fingerprint density at radius 3 is 2.49 bits per heavy atom. The lowest BCUT2D eigenvalue weighted by Crippen LogP contribution is -2.41. The van der Waals surface area contributed by atoms with Crippen LogP contribution in [-0.2, 0) is 0 Å². The Labute approximate surface area is 212 Å². The van der Waals surface area contributed by atoms with Crippen LogP contribution < -0.4 is 20.4 Å². The summed E-state index contributed by atoms with van der Waals surface area (Å²) in [5.41, 5.74) is 0.234. The van der Waals surface area contributed by atoms with Gasteiger partial charge in [-0.05, 0) is 44.2 Å². The molecule has 0 unspecified atom stereocenters. The van der Waals surface area contributed by atoms with Crippen LogP contribution in [-0.4, -0.2) is 48.4 Å². The molecule has 0 aliphatic carbocycles. The number of halogens is 3. The number of nitriles is 1. The molecule has 8 nitrogen and oxygen atoms in total. The summed E-state index contributed by atoms with van der Waals surface area (Å²) in [4.78, 5) is 19.9. The van der Waals surface area contributed by atoms with Crippen LogP contribution in [0.3, 0.4) is 0 Å². The number of aromatic nitrogens is 1. The summed E-state index contributed by atoms with van der Waals surface area (Å²) in [7, 11) is 0. The summed E-state index contributed by atoms with van der Waals surface area (Å²) < 4.78 is 45.2. The third-order valence-corrected chi connectivity index (χ3v) is 5.95. The molecule has 192 valence electrons. The molecule has 1 aliphatic rings. The van der Waals surface area contributed by atoms with Crippen molar-refractivity contribution in [3.63, 3.8) is 0 Å². The fourth-order valence-electron chi connectivity index (χ4n) is 4.15. The summed E-state index contributed by atoms with van der Waals surface area (Å²) in [5, 5.41) is 24.5. The lowest BCUT2D eigenvalue weighted by Gasteiger charge is -2.28. The highest BCUT2D eigenvalue weighted by Crippen LogP contribution is 2.45. The second kappa shape index (κ2) is 10.9. The highest BCUT2D eigenvalue weighted by atomic mass is 19.1. The van der Waals surface area contributed by atoms with Crippen LogP contribution in [0.4, 0.5) is 40.8 Å². The van der Waals surface area contributed by atoms with Crippen molar-refractivity contribution in [2.45, 2.75) is 19.9 Å². The molecule has 1 aliphatic heterocycles. The Hall–Kier alpha value is -4.14. The number of rotatable bonds is 8. The number of aliphatic hydroxyl groups is 1. The average molecular weight is 511 g/mol. The third kappa shape index (κ3) is 5.07. The molecule has 4 rings (SSSR count). The fourth-order valence-corrected chi connectivity index (χ4v) is 4.15. The lowest BCUT2D eigenvalue weighted by atomic mass is 10.0. The maximum absolute atomic E-state index is 15.5. The minimum Gasteiger partial charge on any atom is -0.395 e. The minimum absolute atomic E-state index is 0.0225. The predicted octanol–water partition coefficient (Wildman–Crippen LogP) is 4.52. The summed E-state index contributed by atoms with van der Waals surface area (Å²) in [6, 6.07) is 8.67. The SMILES string of the molecule is CCN1C(=O)N(c2c(F)cc(NCCN[C@@H](C)CO)cc2F)c2cc(C#N)ccc2-c2cc(F)cnc21. The topological polar surface area (TPSA) is 105 Å². The van der Waals surface area contributed by atoms with Crippen molar-refractivity contribution in [3.05, 3.63) is 65.6 Å². The van der Waals surface area contributed by atoms with Crippen molar-refractivity contribution in [2.75, 3.05) is 41.4 Å². The van der Waals surface area contributed by atoms with E-state index in [0.717, 1.165) is 23.2 Å². The van der Waals surface area contributed by atoms with Crippen molar-refractivity contribution < 1.29 is 23.1 Å². The van der Waals surface area contributed by atoms with Crippen LogP contribution in [0.1, 0.15) is 19.4 Å². The van der Waals surface area contributed by atoms with Gasteiger partial charge in [-0.25, -0.2) is 22.9 Å². The quantitative estimate of drug-likeness (QED) is 0.385. The predicted molar refractivity (Wildman–Crippen MR) is 134 cm³/mol. The Morgan fingerprint density at radius 1 is 1.11 bits per heavy atom. The van der Waals surface area contributed by atoms with Gasteiger partial charge in [-0.1, -0.05) is 6.07 Å². The molecule has 0 saturated heterocycles. The second-order valence-electron chi connectivity index (χ2n) is 8.48. The largest absolute Gasteiger partial charge is 0.395 e. The summed E-state index contributed by atoms with van der Waals surface area (Å²) in [6.45, 7) is 4.27. The maximum atomic E-state index is 15.5. The molecule has 2 amide bonds. The van der Waals surface area contributed by atoms with Gasteiger partial charge in [0.1, 0.15) is 17.3 Å². The summed E-state index contributed by atoms with van der Waals surface area (Å²) >= 11 is 0. The van der Waals surface area contributed by atoms with Crippen LogP contribution in [0, 0.1) is 28.8 Å². The van der Waals surface area contributed by atoms with E-state index in [9.17, 15) is 14.4 Å². The van der Waals surface area contributed by atoms with Gasteiger partial charge in [-0.2, -0.15) is 5.26 Å². The van der Waals surface area contributed by atoms with Gasteiger partial charge in [0.15, 0.2) is 11.6 Å². The number of nitrogens with one attached hydrogen (secondary N) is 2. The number of carbonyl (C=O) groups excluding carboxylic acids is 1. The number of pyridine rings is 1. The standard InChI is InChI=1S/C26H25F3N6O2/c1-3-34-25-20(9-17(27)13-33-25)19-5-4-16(12-30)8-23(19)35(26(34)37)24-21(28)10-18(11-22(24)29)32-7-6-31-15(2)14-36/h4-5,8-11,13,15,31-32,36H,3,6-7,14H2,1-2H3/t15-/m0/s1. The molecule has 0 bridgehead atoms. The van der Waals surface area contributed by atoms with Gasteiger partial charge in [0, 0.05) is 42.5 Å². The molecule has 3 aromatic rings. The number of anilines is 4. The number of fused-ring (bicyclic) bond motifs is 3. The first-order valence-corrected chi connectivity index (χ1v) is 11.7. The molecule has 3 N–H and O–H groups in total. The van der Waals surface area contributed by atoms with E-state index in [1.807, 2.05) is 6.07 Å². The number of aliphatic hydroxyl groups excluding tert-OH is 1. The van der Waals surface area contributed by atoms with Crippen molar-refractivity contribution in [2.24, 2.45) is 0 Å². The molecule has 2 heterocycles. The van der Waals surface area contributed by atoms with Crippen molar-refractivity contribution >= 4 is 28.9 Å². The highest BCUT2D eigenvalue weighted by Gasteiger charge is 2.36. The zero-order valence-electron chi connectivity index (χ0n) is 20.2. The minimum atomic E-state index is -1.01. The third-order valence-electron chi connectivity index (χ3n) is 5.95. The van der Waals surface area contributed by atoms with E-state index in [1.54, 1.807) is 13.8 Å². The van der Waals surface area contributed by atoms with E-state index in [2.05, 4.69) is 15.6 Å². The molecular weight excluding hydrogens is 485 g/mol. The van der Waals surface area contributed by atoms with Gasteiger partial charge in [0.2, 0.25) is 0 Å². The molecule has 1 atom stereocenters. The maximum Gasteiger partial charge on any atom is 0.334 e. The number of amides is 2. The van der Waals surface area contributed by atoms with Gasteiger partial charge >= 0.3 is 6.03 Å². The molecule has 1 aromatic heterocycles. The Balaban J connectivity index is 1.81. The van der Waals surface area contributed by atoms with Crippen LogP contribution in [0.5, 0.6) is 0 Å². The number of carbonyl (C=O) groups is 1. The molecule has 11 heteroatoms. The Bertz CT molecular complexity index is 1350. The molecule has 0 saturated carbocycles. The smallest absolute Gasteiger partial charge is 0.334 e. The molecule has 0 spiro atoms. The van der Waals surface area contributed by atoms with Crippen LogP contribution in [0.15, 0.2) is 42.6 Å². The van der Waals surface area contributed by atoms with Gasteiger partial charge in [-0.15, -0.1) is 0 Å². The van der Waals surface area contributed by atoms with Crippen molar-refractivity contribution in [1.82, 2.24) is 10.3 Å². The lowest BCUT2D eigenvalue weighted by molar-refractivity contribution is 0.253. The number of hydrogen-bond acceptors (Lipinski definition) is 6. The number of nitrogens with zero attached hydrogens (tertiary/aromatic N) is 4. The Kier molecular flexibility index (Phi) is 7.61. The van der Waals surface area contributed by atoms with Crippen LogP contribution >= 0.6 is 0 Å². The van der Waals surface area contributed by atoms with E-state index in [-0.39, 0.29) is 53.1 Å². The van der Waals surface area contributed by atoms with Crippen molar-refractivity contribution in [1.29, 1.82) is 5.26 Å². The normalized spacial score (nSPS) is 13.5. The van der Waals surface area contributed by atoms with Gasteiger partial charge in [0.25, 0.3) is 0 Å². The molecule has 0 radical (unpaired) electrons. The number of hydrogen-bond donors (Lipinski definition) is 3. The number of benzene rings is 2. The van der Waals surface area contributed by atoms with E-state index < -0.39 is 29.2 Å². The van der Waals surface area contributed by atoms with Crippen LogP contribution in [0.25, 0.3) is 11.1 Å². The van der Waals surface area contributed by atoms with Gasteiger partial charge in [-0.3, -0.25) is 9.80 Å². The molecule has 37 heavy (non-hydrogen) atoms. The summed E-state index contributed by atoms with van der Waals surface area (Å²) in [5.74, 6) is -2.54. The molecule has 0 fully saturated rings. The Morgan fingerprint density at radius 2 is 1.84 bits per heavy atom. The first kappa shape index (κ1) is 25.9. The van der Waals surface area contributed by atoms with Crippen molar-refractivity contribution in [3.8, 4) is 17.2 Å². The monoisotopic (exact) mass is 510 g/mol. The zero-order chi connectivity index (χ0) is 26.7. The van der Waals surface area contributed by atoms with E-state index >= 15 is 8.78 Å². The van der Waals surface area contributed by atoms with E-state index in [4.69, 9.17) is 5.11 Å². The summed E-state index contributed by atoms with van der Waals surface area (Å²) in [6.07, 6.45) is 0.964. The van der Waals surface area contributed by atoms with E-state index in [0.29, 0.717) is 13.1 Å².